The zero-order valence-corrected chi connectivity index (χ0v) is 17.3. The fourth-order valence-electron chi connectivity index (χ4n) is 4.19. The number of nitrogens with one attached hydrogen (secondary N) is 1. The van der Waals surface area contributed by atoms with Gasteiger partial charge in [0.15, 0.2) is 0 Å². The Morgan fingerprint density at radius 1 is 1.21 bits per heavy atom. The van der Waals surface area contributed by atoms with E-state index in [1.807, 2.05) is 30.3 Å². The van der Waals surface area contributed by atoms with Crippen molar-refractivity contribution in [3.63, 3.8) is 0 Å². The molecule has 8 heteroatoms. The van der Waals surface area contributed by atoms with Crippen LogP contribution in [-0.4, -0.2) is 53.4 Å². The Morgan fingerprint density at radius 2 is 1.90 bits per heavy atom. The highest BCUT2D eigenvalue weighted by Gasteiger charge is 2.64. The average Bonchev–Trinajstić information content (AvgIpc) is 3.19. The molecule has 2 bridgehead atoms. The van der Waals surface area contributed by atoms with Gasteiger partial charge in [0.25, 0.3) is 0 Å². The highest BCUT2D eigenvalue weighted by molar-refractivity contribution is 5.88. The van der Waals surface area contributed by atoms with Crippen LogP contribution in [0.5, 0.6) is 0 Å². The van der Waals surface area contributed by atoms with E-state index in [2.05, 4.69) is 5.32 Å². The van der Waals surface area contributed by atoms with Crippen molar-refractivity contribution in [3.8, 4) is 0 Å². The molecule has 3 unspecified atom stereocenters. The highest BCUT2D eigenvalue weighted by atomic mass is 16.6. The predicted octanol–water partition coefficient (Wildman–Crippen LogP) is 3.00. The van der Waals surface area contributed by atoms with E-state index in [-0.39, 0.29) is 19.1 Å². The third-order valence-electron chi connectivity index (χ3n) is 5.34. The minimum Gasteiger partial charge on any atom is -0.467 e. The number of carbonyl (C=O) groups is 3. The molecule has 0 spiro atoms. The normalized spacial score (nSPS) is 25.4. The molecule has 0 saturated carbocycles. The summed E-state index contributed by atoms with van der Waals surface area (Å²) in [6.07, 6.45) is 0.144. The molecule has 2 aliphatic heterocycles. The van der Waals surface area contributed by atoms with Crippen molar-refractivity contribution in [2.75, 3.05) is 7.11 Å². The molecule has 2 heterocycles. The van der Waals surface area contributed by atoms with E-state index in [0.717, 1.165) is 5.56 Å². The fourth-order valence-corrected chi connectivity index (χ4v) is 4.19. The summed E-state index contributed by atoms with van der Waals surface area (Å²) in [6.45, 7) is 5.45. The van der Waals surface area contributed by atoms with Crippen LogP contribution < -0.4 is 5.32 Å². The smallest absolute Gasteiger partial charge is 0.411 e. The molecule has 2 aliphatic rings. The summed E-state index contributed by atoms with van der Waals surface area (Å²) in [5.41, 5.74) is -0.954. The van der Waals surface area contributed by atoms with Gasteiger partial charge >= 0.3 is 18.2 Å². The molecule has 1 N–H and O–H groups in total. The van der Waals surface area contributed by atoms with Gasteiger partial charge in [-0.1, -0.05) is 30.3 Å². The van der Waals surface area contributed by atoms with Crippen molar-refractivity contribution in [2.45, 2.75) is 69.9 Å². The van der Waals surface area contributed by atoms with Gasteiger partial charge in [0.2, 0.25) is 0 Å². The van der Waals surface area contributed by atoms with Crippen molar-refractivity contribution < 1.29 is 28.6 Å². The number of hydrogen-bond donors (Lipinski definition) is 1. The Kier molecular flexibility index (Phi) is 5.73. The van der Waals surface area contributed by atoms with Gasteiger partial charge in [0.1, 0.15) is 17.7 Å². The SMILES string of the molecule is COC(=O)C12CCC(C(NC(=O)OCc3ccccc3)C1)N2C(=O)OC(C)(C)C. The monoisotopic (exact) mass is 404 g/mol. The zero-order valence-electron chi connectivity index (χ0n) is 17.3. The lowest BCUT2D eigenvalue weighted by Crippen LogP contribution is -2.52. The van der Waals surface area contributed by atoms with E-state index in [0.29, 0.717) is 12.8 Å². The van der Waals surface area contributed by atoms with E-state index in [1.54, 1.807) is 20.8 Å². The Labute approximate surface area is 170 Å². The lowest BCUT2D eigenvalue weighted by atomic mass is 9.85. The van der Waals surface area contributed by atoms with E-state index in [9.17, 15) is 14.4 Å². The summed E-state index contributed by atoms with van der Waals surface area (Å²) >= 11 is 0. The number of ether oxygens (including phenoxy) is 3. The van der Waals surface area contributed by atoms with Crippen molar-refractivity contribution in [1.82, 2.24) is 10.2 Å². The second-order valence-corrected chi connectivity index (χ2v) is 8.50. The molecule has 29 heavy (non-hydrogen) atoms. The maximum atomic E-state index is 12.8. The van der Waals surface area contributed by atoms with Crippen LogP contribution in [0, 0.1) is 0 Å². The number of carbonyl (C=O) groups excluding carboxylic acids is 3. The molecular weight excluding hydrogens is 376 g/mol. The summed E-state index contributed by atoms with van der Waals surface area (Å²) in [5, 5.41) is 2.81. The molecule has 3 rings (SSSR count). The van der Waals surface area contributed by atoms with Gasteiger partial charge in [-0.05, 0) is 39.2 Å². The first-order chi connectivity index (χ1) is 13.7. The minimum absolute atomic E-state index is 0.141. The van der Waals surface area contributed by atoms with Crippen molar-refractivity contribution in [3.05, 3.63) is 35.9 Å². The molecule has 3 atom stereocenters. The number of methoxy groups -OCH3 is 1. The van der Waals surface area contributed by atoms with Crippen molar-refractivity contribution in [2.24, 2.45) is 0 Å². The Bertz CT molecular complexity index is 775. The molecule has 0 radical (unpaired) electrons. The standard InChI is InChI=1S/C21H28N2O6/c1-20(2,3)29-19(26)23-16-10-11-21(23,17(24)27-4)12-15(16)22-18(25)28-13-14-8-6-5-7-9-14/h5-9,15-16H,10-13H2,1-4H3,(H,22,25). The van der Waals surface area contributed by atoms with E-state index >= 15 is 0 Å². The van der Waals surface area contributed by atoms with E-state index in [1.165, 1.54) is 12.0 Å². The van der Waals surface area contributed by atoms with Crippen LogP contribution in [0.2, 0.25) is 0 Å². The van der Waals surface area contributed by atoms with Gasteiger partial charge in [-0.3, -0.25) is 4.90 Å². The topological polar surface area (TPSA) is 94.2 Å². The van der Waals surface area contributed by atoms with Gasteiger partial charge < -0.3 is 19.5 Å². The van der Waals surface area contributed by atoms with E-state index < -0.39 is 35.3 Å². The number of alkyl carbamates (subject to hydrolysis) is 1. The third kappa shape index (κ3) is 4.31. The van der Waals surface area contributed by atoms with Crippen LogP contribution in [0.3, 0.4) is 0 Å². The maximum absolute atomic E-state index is 12.8. The van der Waals surface area contributed by atoms with Crippen LogP contribution >= 0.6 is 0 Å². The van der Waals surface area contributed by atoms with Crippen LogP contribution in [0.25, 0.3) is 0 Å². The molecule has 1 aromatic rings. The zero-order chi connectivity index (χ0) is 21.2. The summed E-state index contributed by atoms with van der Waals surface area (Å²) in [4.78, 5) is 39.2. The molecule has 8 nitrogen and oxygen atoms in total. The molecule has 1 aromatic carbocycles. The molecule has 2 amide bonds. The summed E-state index contributed by atoms with van der Waals surface area (Å²) in [6, 6.07) is 8.57. The summed E-state index contributed by atoms with van der Waals surface area (Å²) in [7, 11) is 1.30. The number of nitrogens with zero attached hydrogens (tertiary/aromatic N) is 1. The first-order valence-corrected chi connectivity index (χ1v) is 9.74. The van der Waals surface area contributed by atoms with Crippen LogP contribution in [0.4, 0.5) is 9.59 Å². The van der Waals surface area contributed by atoms with Crippen molar-refractivity contribution in [1.29, 1.82) is 0 Å². The van der Waals surface area contributed by atoms with E-state index in [4.69, 9.17) is 14.2 Å². The summed E-state index contributed by atoms with van der Waals surface area (Å²) < 4.78 is 15.8. The van der Waals surface area contributed by atoms with Gasteiger partial charge in [0, 0.05) is 6.42 Å². The first-order valence-electron chi connectivity index (χ1n) is 9.74. The van der Waals surface area contributed by atoms with Crippen LogP contribution in [0.1, 0.15) is 45.6 Å². The number of benzene rings is 1. The summed E-state index contributed by atoms with van der Waals surface area (Å²) in [5.74, 6) is -0.493. The van der Waals surface area contributed by atoms with Crippen LogP contribution in [-0.2, 0) is 25.6 Å². The first kappa shape index (κ1) is 21.0. The third-order valence-corrected chi connectivity index (χ3v) is 5.34. The van der Waals surface area contributed by atoms with Crippen molar-refractivity contribution >= 4 is 18.2 Å². The lowest BCUT2D eigenvalue weighted by Gasteiger charge is -2.33. The van der Waals surface area contributed by atoms with Crippen LogP contribution in [0.15, 0.2) is 30.3 Å². The molecule has 2 fully saturated rings. The molecule has 0 aliphatic carbocycles. The number of fused-ring (bicyclic) bond motifs is 2. The van der Waals surface area contributed by atoms with Gasteiger partial charge in [-0.25, -0.2) is 14.4 Å². The van der Waals surface area contributed by atoms with Gasteiger partial charge in [-0.2, -0.15) is 0 Å². The number of esters is 1. The highest BCUT2D eigenvalue weighted by Crippen LogP contribution is 2.48. The largest absolute Gasteiger partial charge is 0.467 e. The number of amides is 2. The molecular formula is C21H28N2O6. The second kappa shape index (κ2) is 7.93. The minimum atomic E-state index is -1.13. The Hall–Kier alpha value is -2.77. The fraction of sp³-hybridized carbons (Fsp3) is 0.571. The van der Waals surface area contributed by atoms with Gasteiger partial charge in [0.05, 0.1) is 19.2 Å². The molecule has 158 valence electrons. The van der Waals surface area contributed by atoms with Gasteiger partial charge in [-0.15, -0.1) is 0 Å². The lowest BCUT2D eigenvalue weighted by molar-refractivity contribution is -0.152. The Morgan fingerprint density at radius 3 is 2.52 bits per heavy atom. The Balaban J connectivity index is 1.70. The second-order valence-electron chi connectivity index (χ2n) is 8.50. The molecule has 2 saturated heterocycles. The number of hydrogen-bond acceptors (Lipinski definition) is 6. The maximum Gasteiger partial charge on any atom is 0.411 e. The molecule has 0 aromatic heterocycles. The quantitative estimate of drug-likeness (QED) is 0.612. The number of rotatable bonds is 4. The average molecular weight is 404 g/mol. The predicted molar refractivity (Wildman–Crippen MR) is 104 cm³/mol.